The van der Waals surface area contributed by atoms with Crippen LogP contribution in [0.15, 0.2) is 0 Å². The van der Waals surface area contributed by atoms with E-state index in [9.17, 15) is 9.00 Å². The molecule has 2 aliphatic rings. The van der Waals surface area contributed by atoms with Gasteiger partial charge in [-0.1, -0.05) is 6.42 Å². The molecule has 0 aromatic rings. The minimum atomic E-state index is -0.785. The molecule has 1 N–H and O–H groups in total. The lowest BCUT2D eigenvalue weighted by Crippen LogP contribution is -2.24. The summed E-state index contributed by atoms with van der Waals surface area (Å²) in [5.74, 6) is 1.34. The molecule has 3 nitrogen and oxygen atoms in total. The van der Waals surface area contributed by atoms with E-state index in [2.05, 4.69) is 0 Å². The first kappa shape index (κ1) is 11.1. The Kier molecular flexibility index (Phi) is 3.14. The van der Waals surface area contributed by atoms with Crippen molar-refractivity contribution >= 4 is 16.8 Å². The van der Waals surface area contributed by atoms with Crippen molar-refractivity contribution in [1.29, 1.82) is 0 Å². The molecule has 2 saturated carbocycles. The summed E-state index contributed by atoms with van der Waals surface area (Å²) in [4.78, 5) is 10.6. The molecule has 0 heterocycles. The highest BCUT2D eigenvalue weighted by Crippen LogP contribution is 2.49. The summed E-state index contributed by atoms with van der Waals surface area (Å²) in [7, 11) is -0.785. The van der Waals surface area contributed by atoms with Crippen LogP contribution in [0.3, 0.4) is 0 Å². The maximum atomic E-state index is 11.8. The number of aliphatic carboxylic acids is 1. The average molecular weight is 230 g/mol. The monoisotopic (exact) mass is 230 g/mol. The molecule has 1 unspecified atom stereocenters. The molecular formula is C11H18O3S. The maximum Gasteiger partial charge on any atom is 0.303 e. The van der Waals surface area contributed by atoms with E-state index in [-0.39, 0.29) is 11.8 Å². The van der Waals surface area contributed by atoms with Crippen LogP contribution in [0, 0.1) is 11.3 Å². The summed E-state index contributed by atoms with van der Waals surface area (Å²) in [5, 5.41) is 8.74. The zero-order chi connectivity index (χ0) is 10.9. The Morgan fingerprint density at radius 1 is 1.40 bits per heavy atom. The van der Waals surface area contributed by atoms with Crippen LogP contribution in [0.25, 0.3) is 0 Å². The van der Waals surface area contributed by atoms with Crippen molar-refractivity contribution in [3.63, 3.8) is 0 Å². The van der Waals surface area contributed by atoms with Gasteiger partial charge >= 0.3 is 5.97 Å². The van der Waals surface area contributed by atoms with Crippen LogP contribution in [0.4, 0.5) is 0 Å². The molecule has 15 heavy (non-hydrogen) atoms. The molecule has 0 bridgehead atoms. The first-order chi connectivity index (χ1) is 7.10. The minimum absolute atomic E-state index is 0.0968. The third-order valence-electron chi connectivity index (χ3n) is 3.60. The van der Waals surface area contributed by atoms with Gasteiger partial charge in [-0.05, 0) is 37.0 Å². The first-order valence-electron chi connectivity index (χ1n) is 5.66. The van der Waals surface area contributed by atoms with E-state index >= 15 is 0 Å². The number of hydrogen-bond acceptors (Lipinski definition) is 2. The summed E-state index contributed by atoms with van der Waals surface area (Å²) in [6, 6.07) is 0. The molecule has 0 saturated heterocycles. The number of rotatable bonds is 6. The summed E-state index contributed by atoms with van der Waals surface area (Å²) in [6.45, 7) is 0. The molecule has 0 aromatic heterocycles. The molecular weight excluding hydrogens is 212 g/mol. The zero-order valence-corrected chi connectivity index (χ0v) is 9.72. The second kappa shape index (κ2) is 4.24. The number of carboxylic acids is 1. The van der Waals surface area contributed by atoms with Gasteiger partial charge in [-0.3, -0.25) is 9.00 Å². The van der Waals surface area contributed by atoms with Gasteiger partial charge in [0.1, 0.15) is 0 Å². The Labute approximate surface area is 92.7 Å². The van der Waals surface area contributed by atoms with Gasteiger partial charge in [0, 0.05) is 22.3 Å². The van der Waals surface area contributed by atoms with Crippen LogP contribution in [0.5, 0.6) is 0 Å². The highest BCUT2D eigenvalue weighted by molar-refractivity contribution is 7.85. The highest BCUT2D eigenvalue weighted by atomic mass is 32.2. The van der Waals surface area contributed by atoms with E-state index in [1.165, 1.54) is 19.3 Å². The maximum absolute atomic E-state index is 11.8. The number of carbonyl (C=O) groups is 1. The molecule has 1 atom stereocenters. The topological polar surface area (TPSA) is 54.4 Å². The fraction of sp³-hybridized carbons (Fsp3) is 0.909. The number of hydrogen-bond donors (Lipinski definition) is 1. The van der Waals surface area contributed by atoms with Crippen molar-refractivity contribution < 1.29 is 14.1 Å². The van der Waals surface area contributed by atoms with Crippen molar-refractivity contribution in [3.8, 4) is 0 Å². The van der Waals surface area contributed by atoms with Crippen molar-refractivity contribution in [2.24, 2.45) is 11.3 Å². The normalized spacial score (nSPS) is 25.6. The Morgan fingerprint density at radius 3 is 2.47 bits per heavy atom. The largest absolute Gasteiger partial charge is 0.481 e. The van der Waals surface area contributed by atoms with Crippen molar-refractivity contribution in [3.05, 3.63) is 0 Å². The van der Waals surface area contributed by atoms with Gasteiger partial charge in [0.15, 0.2) is 0 Å². The van der Waals surface area contributed by atoms with Gasteiger partial charge in [0.05, 0.1) is 6.42 Å². The molecule has 2 rings (SSSR count). The SMILES string of the molecule is O=C(O)CC1(CS(=O)CC2CCC2)CC1. The van der Waals surface area contributed by atoms with Crippen molar-refractivity contribution in [2.45, 2.75) is 38.5 Å². The molecule has 2 fully saturated rings. The van der Waals surface area contributed by atoms with Gasteiger partial charge in [-0.2, -0.15) is 0 Å². The van der Waals surface area contributed by atoms with Crippen LogP contribution >= 0.6 is 0 Å². The van der Waals surface area contributed by atoms with E-state index in [1.54, 1.807) is 0 Å². The average Bonchev–Trinajstić information content (AvgIpc) is 2.76. The Hall–Kier alpha value is -0.380. The summed E-state index contributed by atoms with van der Waals surface area (Å²) in [6.07, 6.45) is 5.84. The lowest BCUT2D eigenvalue weighted by Gasteiger charge is -2.25. The van der Waals surface area contributed by atoms with Crippen LogP contribution in [0.1, 0.15) is 38.5 Å². The van der Waals surface area contributed by atoms with E-state index in [4.69, 9.17) is 5.11 Å². The molecule has 2 aliphatic carbocycles. The smallest absolute Gasteiger partial charge is 0.303 e. The van der Waals surface area contributed by atoms with Gasteiger partial charge in [-0.25, -0.2) is 0 Å². The lowest BCUT2D eigenvalue weighted by molar-refractivity contribution is -0.138. The highest BCUT2D eigenvalue weighted by Gasteiger charge is 2.45. The summed E-state index contributed by atoms with van der Waals surface area (Å²) in [5.41, 5.74) is -0.0968. The number of carboxylic acid groups (broad SMARTS) is 1. The predicted molar refractivity (Wildman–Crippen MR) is 59.1 cm³/mol. The van der Waals surface area contributed by atoms with Crippen molar-refractivity contribution in [1.82, 2.24) is 0 Å². The van der Waals surface area contributed by atoms with Crippen LogP contribution in [-0.2, 0) is 15.6 Å². The van der Waals surface area contributed by atoms with Crippen LogP contribution in [-0.4, -0.2) is 26.8 Å². The minimum Gasteiger partial charge on any atom is -0.481 e. The fourth-order valence-corrected chi connectivity index (χ4v) is 4.24. The van der Waals surface area contributed by atoms with E-state index < -0.39 is 16.8 Å². The second-order valence-corrected chi connectivity index (χ2v) is 6.62. The van der Waals surface area contributed by atoms with Crippen molar-refractivity contribution in [2.75, 3.05) is 11.5 Å². The molecule has 0 spiro atoms. The van der Waals surface area contributed by atoms with E-state index in [1.807, 2.05) is 0 Å². The molecule has 0 amide bonds. The Morgan fingerprint density at radius 2 is 2.07 bits per heavy atom. The van der Waals surface area contributed by atoms with Gasteiger partial charge in [0.25, 0.3) is 0 Å². The standard InChI is InChI=1S/C11H18O3S/c12-10(13)6-11(4-5-11)8-15(14)7-9-2-1-3-9/h9H,1-8H2,(H,12,13). The summed E-state index contributed by atoms with van der Waals surface area (Å²) >= 11 is 0. The molecule has 0 aromatic carbocycles. The second-order valence-electron chi connectivity index (χ2n) is 5.12. The summed E-state index contributed by atoms with van der Waals surface area (Å²) < 4.78 is 11.8. The van der Waals surface area contributed by atoms with Crippen LogP contribution in [0.2, 0.25) is 0 Å². The lowest BCUT2D eigenvalue weighted by atomic mass is 9.87. The van der Waals surface area contributed by atoms with Gasteiger partial charge in [0.2, 0.25) is 0 Å². The molecule has 86 valence electrons. The quantitative estimate of drug-likeness (QED) is 0.757. The van der Waals surface area contributed by atoms with Crippen LogP contribution < -0.4 is 0 Å². The van der Waals surface area contributed by atoms with E-state index in [0.717, 1.165) is 18.6 Å². The molecule has 4 heteroatoms. The molecule has 0 radical (unpaired) electrons. The fourth-order valence-electron chi connectivity index (χ4n) is 2.19. The Bertz CT molecular complexity index is 280. The third kappa shape index (κ3) is 3.03. The Balaban J connectivity index is 1.75. The molecule has 0 aliphatic heterocycles. The predicted octanol–water partition coefficient (Wildman–Crippen LogP) is 1.79. The third-order valence-corrected chi connectivity index (χ3v) is 5.37. The zero-order valence-electron chi connectivity index (χ0n) is 8.91. The van der Waals surface area contributed by atoms with E-state index in [0.29, 0.717) is 11.7 Å². The van der Waals surface area contributed by atoms with Gasteiger partial charge in [-0.15, -0.1) is 0 Å². The van der Waals surface area contributed by atoms with Gasteiger partial charge < -0.3 is 5.11 Å². The first-order valence-corrected chi connectivity index (χ1v) is 7.15.